The van der Waals surface area contributed by atoms with Crippen LogP contribution in [0.4, 0.5) is 5.13 Å². The van der Waals surface area contributed by atoms with Crippen LogP contribution in [0, 0.1) is 29.1 Å². The molecular weight excluding hydrogens is 620 g/mol. The van der Waals surface area contributed by atoms with Crippen LogP contribution in [0.5, 0.6) is 11.5 Å². The molecule has 2 aromatic heterocycles. The zero-order chi connectivity index (χ0) is 34.3. The van der Waals surface area contributed by atoms with Gasteiger partial charge >= 0.3 is 5.97 Å². The van der Waals surface area contributed by atoms with E-state index in [-0.39, 0.29) is 41.3 Å². The molecule has 2 aliphatic rings. The molecule has 1 aromatic carbocycles. The first kappa shape index (κ1) is 34.0. The molecule has 0 bridgehead atoms. The molecule has 2 unspecified atom stereocenters. The van der Waals surface area contributed by atoms with Gasteiger partial charge in [0.2, 0.25) is 11.8 Å². The Balaban J connectivity index is 1.49. The van der Waals surface area contributed by atoms with Crippen molar-refractivity contribution in [3.05, 3.63) is 42.3 Å². The van der Waals surface area contributed by atoms with Crippen molar-refractivity contribution in [1.82, 2.24) is 15.3 Å². The average molecular weight is 663 g/mol. The number of hydrogen-bond donors (Lipinski definition) is 2. The highest BCUT2D eigenvalue weighted by atomic mass is 32.1. The Hall–Kier alpha value is -4.32. The largest absolute Gasteiger partial charge is 0.497 e. The highest BCUT2D eigenvalue weighted by Crippen LogP contribution is 2.47. The molecule has 250 valence electrons. The summed E-state index contributed by atoms with van der Waals surface area (Å²) in [5, 5.41) is 8.61. The minimum Gasteiger partial charge on any atom is -0.497 e. The molecule has 47 heavy (non-hydrogen) atoms. The van der Waals surface area contributed by atoms with Crippen LogP contribution < -0.4 is 20.1 Å². The molecule has 11 nitrogen and oxygen atoms in total. The van der Waals surface area contributed by atoms with Gasteiger partial charge in [0.05, 0.1) is 31.3 Å². The maximum atomic E-state index is 14.0. The fraction of sp³-hybridized carbons (Fsp3) is 0.486. The summed E-state index contributed by atoms with van der Waals surface area (Å²) in [6.07, 6.45) is 2.15. The van der Waals surface area contributed by atoms with Crippen LogP contribution in [-0.2, 0) is 23.9 Å². The first-order valence-corrected chi connectivity index (χ1v) is 16.5. The number of esters is 1. The minimum atomic E-state index is -1.17. The van der Waals surface area contributed by atoms with E-state index in [2.05, 4.69) is 22.2 Å². The first-order chi connectivity index (χ1) is 22.2. The van der Waals surface area contributed by atoms with E-state index in [0.717, 1.165) is 5.39 Å². The third kappa shape index (κ3) is 6.88. The Kier molecular flexibility index (Phi) is 9.45. The standard InChI is InChI=1S/C35H42N4O7S/c1-9-20-16-35(20,32(43)45-8)39-31(42)25-13-22(12-24(25)30(41)18(2)34(4,5)6)46-29-15-27(28-17-47-33(38-28)36-19(3)40)37-26-14-21(44-7)10-11-23(26)29/h9-11,14-15,17-18,20,22,24-25H,1,12-13,16H2,2-8H3,(H,39,42)(H,36,38,40)/t18-,20+,22?,24?,25-,35-/m1/s1. The van der Waals surface area contributed by atoms with Crippen LogP contribution in [0.3, 0.4) is 0 Å². The second-order valence-corrected chi connectivity index (χ2v) is 14.4. The predicted molar refractivity (Wildman–Crippen MR) is 179 cm³/mol. The second kappa shape index (κ2) is 13.1. The van der Waals surface area contributed by atoms with Crippen molar-refractivity contribution in [2.45, 2.75) is 65.5 Å². The zero-order valence-electron chi connectivity index (χ0n) is 27.8. The fourth-order valence-corrected chi connectivity index (χ4v) is 7.00. The molecule has 0 aliphatic heterocycles. The molecule has 0 spiro atoms. The number of benzene rings is 1. The van der Waals surface area contributed by atoms with E-state index >= 15 is 0 Å². The van der Waals surface area contributed by atoms with Gasteiger partial charge in [-0.3, -0.25) is 14.4 Å². The minimum absolute atomic E-state index is 0.00933. The summed E-state index contributed by atoms with van der Waals surface area (Å²) in [4.78, 5) is 61.6. The van der Waals surface area contributed by atoms with Crippen molar-refractivity contribution in [2.24, 2.45) is 29.1 Å². The molecule has 0 saturated heterocycles. The zero-order valence-corrected chi connectivity index (χ0v) is 28.7. The summed E-state index contributed by atoms with van der Waals surface area (Å²) in [6.45, 7) is 13.1. The summed E-state index contributed by atoms with van der Waals surface area (Å²) in [5.74, 6) is -1.89. The number of nitrogens with one attached hydrogen (secondary N) is 2. The number of aromatic nitrogens is 2. The van der Waals surface area contributed by atoms with Crippen LogP contribution in [-0.4, -0.2) is 59.4 Å². The van der Waals surface area contributed by atoms with E-state index in [1.165, 1.54) is 25.4 Å². The Morgan fingerprint density at radius 3 is 2.43 bits per heavy atom. The Labute approximate surface area is 278 Å². The summed E-state index contributed by atoms with van der Waals surface area (Å²) in [6, 6.07) is 7.26. The summed E-state index contributed by atoms with van der Waals surface area (Å²) >= 11 is 1.28. The summed E-state index contributed by atoms with van der Waals surface area (Å²) in [7, 11) is 2.87. The number of ketones is 1. The van der Waals surface area contributed by atoms with Crippen LogP contribution in [0.15, 0.2) is 42.3 Å². The van der Waals surface area contributed by atoms with Gasteiger partial charge in [0, 0.05) is 47.6 Å². The van der Waals surface area contributed by atoms with E-state index < -0.39 is 29.4 Å². The van der Waals surface area contributed by atoms with Crippen LogP contribution in [0.25, 0.3) is 22.3 Å². The molecule has 2 heterocycles. The predicted octanol–water partition coefficient (Wildman–Crippen LogP) is 5.58. The Morgan fingerprint density at radius 2 is 1.81 bits per heavy atom. The van der Waals surface area contributed by atoms with Gasteiger partial charge in [-0.25, -0.2) is 14.8 Å². The molecule has 0 radical (unpaired) electrons. The van der Waals surface area contributed by atoms with Crippen LogP contribution in [0.2, 0.25) is 0 Å². The van der Waals surface area contributed by atoms with Gasteiger partial charge in [-0.05, 0) is 36.8 Å². The lowest BCUT2D eigenvalue weighted by Gasteiger charge is -2.30. The summed E-state index contributed by atoms with van der Waals surface area (Å²) in [5.41, 5.74) is 0.205. The highest BCUT2D eigenvalue weighted by molar-refractivity contribution is 7.14. The number of methoxy groups -OCH3 is 2. The van der Waals surface area contributed by atoms with Gasteiger partial charge < -0.3 is 24.8 Å². The quantitative estimate of drug-likeness (QED) is 0.198. The lowest BCUT2D eigenvalue weighted by molar-refractivity contribution is -0.147. The van der Waals surface area contributed by atoms with E-state index in [1.54, 1.807) is 30.7 Å². The maximum absolute atomic E-state index is 14.0. The molecule has 2 fully saturated rings. The topological polar surface area (TPSA) is 146 Å². The van der Waals surface area contributed by atoms with E-state index in [1.807, 2.05) is 39.8 Å². The molecule has 2 saturated carbocycles. The van der Waals surface area contributed by atoms with Crippen molar-refractivity contribution >= 4 is 50.9 Å². The number of rotatable bonds is 11. The maximum Gasteiger partial charge on any atom is 0.332 e. The average Bonchev–Trinajstić information content (AvgIpc) is 3.31. The van der Waals surface area contributed by atoms with Crippen LogP contribution >= 0.6 is 11.3 Å². The lowest BCUT2D eigenvalue weighted by Crippen LogP contribution is -2.49. The summed E-state index contributed by atoms with van der Waals surface area (Å²) < 4.78 is 17.1. The van der Waals surface area contributed by atoms with E-state index in [4.69, 9.17) is 19.2 Å². The number of nitrogens with zero attached hydrogens (tertiary/aromatic N) is 2. The fourth-order valence-electron chi connectivity index (χ4n) is 6.25. The monoisotopic (exact) mass is 662 g/mol. The normalized spacial score (nSPS) is 24.2. The van der Waals surface area contributed by atoms with Crippen LogP contribution in [0.1, 0.15) is 53.9 Å². The third-order valence-electron chi connectivity index (χ3n) is 9.46. The van der Waals surface area contributed by atoms with Crippen molar-refractivity contribution in [1.29, 1.82) is 0 Å². The number of ether oxygens (including phenoxy) is 3. The van der Waals surface area contributed by atoms with Crippen molar-refractivity contribution < 1.29 is 33.4 Å². The molecule has 12 heteroatoms. The molecule has 2 N–H and O–H groups in total. The number of carbonyl (C=O) groups excluding carboxylic acids is 4. The third-order valence-corrected chi connectivity index (χ3v) is 10.2. The number of amides is 2. The number of thiazole rings is 1. The van der Waals surface area contributed by atoms with Crippen molar-refractivity contribution in [3.63, 3.8) is 0 Å². The van der Waals surface area contributed by atoms with Gasteiger partial charge in [0.25, 0.3) is 0 Å². The second-order valence-electron chi connectivity index (χ2n) is 13.5. The van der Waals surface area contributed by atoms with Gasteiger partial charge in [0.15, 0.2) is 5.13 Å². The van der Waals surface area contributed by atoms with E-state index in [0.29, 0.717) is 46.4 Å². The molecule has 2 amide bonds. The number of Topliss-reactive ketones (excluding diaryl/α,β-unsaturated/α-hetero) is 1. The number of pyridine rings is 1. The SMILES string of the molecule is C=C[C@H]1C[C@]1(NC(=O)[C@@H]1CC(Oc2cc(-c3csc(NC(C)=O)n3)nc3cc(OC)ccc23)CC1C(=O)[C@@H](C)C(C)(C)C)C(=O)OC. The molecular formula is C35H42N4O7S. The van der Waals surface area contributed by atoms with E-state index in [9.17, 15) is 19.2 Å². The molecule has 6 atom stereocenters. The highest BCUT2D eigenvalue weighted by Gasteiger charge is 2.62. The van der Waals surface area contributed by atoms with Crippen molar-refractivity contribution in [3.8, 4) is 22.9 Å². The van der Waals surface area contributed by atoms with Gasteiger partial charge in [-0.1, -0.05) is 33.8 Å². The lowest BCUT2D eigenvalue weighted by atomic mass is 9.74. The molecule has 3 aromatic rings. The van der Waals surface area contributed by atoms with Gasteiger partial charge in [-0.2, -0.15) is 0 Å². The first-order valence-electron chi connectivity index (χ1n) is 15.7. The molecule has 2 aliphatic carbocycles. The number of carbonyl (C=O) groups is 4. The Bertz CT molecular complexity index is 1730. The number of hydrogen-bond acceptors (Lipinski definition) is 10. The smallest absolute Gasteiger partial charge is 0.332 e. The van der Waals surface area contributed by atoms with Crippen molar-refractivity contribution in [2.75, 3.05) is 19.5 Å². The Morgan fingerprint density at radius 1 is 1.09 bits per heavy atom. The van der Waals surface area contributed by atoms with Gasteiger partial charge in [0.1, 0.15) is 34.6 Å². The van der Waals surface area contributed by atoms with Gasteiger partial charge in [-0.15, -0.1) is 17.9 Å². The molecule has 5 rings (SSSR count). The number of fused-ring (bicyclic) bond motifs is 1. The number of anilines is 1.